The molecule has 3 heteroatoms. The third-order valence-electron chi connectivity index (χ3n) is 1.22. The van der Waals surface area contributed by atoms with Gasteiger partial charge in [0, 0.05) is 6.54 Å². The quantitative estimate of drug-likeness (QED) is 0.747. The summed E-state index contributed by atoms with van der Waals surface area (Å²) in [5, 5.41) is 1.13. The fraction of sp³-hybridized carbons (Fsp3) is 0.333. The van der Waals surface area contributed by atoms with Gasteiger partial charge in [0.2, 0.25) is 0 Å². The molecule has 0 aliphatic carbocycles. The van der Waals surface area contributed by atoms with Crippen LogP contribution in [0.3, 0.4) is 0 Å². The molecule has 0 spiro atoms. The Kier molecular flexibility index (Phi) is 6.17. The first-order chi connectivity index (χ1) is 5.74. The lowest BCUT2D eigenvalue weighted by Crippen LogP contribution is -1.95. The molecule has 2 N–H and O–H groups in total. The van der Waals surface area contributed by atoms with E-state index in [-0.39, 0.29) is 0 Å². The number of hydrogen-bond acceptors (Lipinski definition) is 1. The third kappa shape index (κ3) is 3.44. The van der Waals surface area contributed by atoms with Crippen LogP contribution in [-0.4, -0.2) is 0 Å². The van der Waals surface area contributed by atoms with Gasteiger partial charge in [-0.1, -0.05) is 43.1 Å². The second kappa shape index (κ2) is 6.30. The normalized spacial score (nSPS) is 8.75. The zero-order valence-electron chi connectivity index (χ0n) is 7.27. The molecule has 12 heavy (non-hydrogen) atoms. The van der Waals surface area contributed by atoms with Crippen molar-refractivity contribution in [3.63, 3.8) is 0 Å². The van der Waals surface area contributed by atoms with Gasteiger partial charge in [-0.2, -0.15) is 0 Å². The van der Waals surface area contributed by atoms with Crippen LogP contribution in [0.15, 0.2) is 18.2 Å². The molecular formula is C9H13Cl2N. The number of nitrogens with two attached hydrogens (primary N) is 1. The van der Waals surface area contributed by atoms with Crippen molar-refractivity contribution in [3.8, 4) is 0 Å². The van der Waals surface area contributed by atoms with Gasteiger partial charge < -0.3 is 5.73 Å². The molecule has 0 amide bonds. The highest BCUT2D eigenvalue weighted by atomic mass is 35.5. The van der Waals surface area contributed by atoms with E-state index in [1.165, 1.54) is 0 Å². The molecule has 1 rings (SSSR count). The monoisotopic (exact) mass is 205 g/mol. The Hall–Kier alpha value is -0.240. The maximum atomic E-state index is 5.71. The maximum Gasteiger partial charge on any atom is 0.0595 e. The van der Waals surface area contributed by atoms with Crippen molar-refractivity contribution >= 4 is 23.2 Å². The van der Waals surface area contributed by atoms with Crippen LogP contribution in [0.5, 0.6) is 0 Å². The highest BCUT2D eigenvalue weighted by Gasteiger charge is 1.96. The van der Waals surface area contributed by atoms with Gasteiger partial charge in [-0.05, 0) is 17.7 Å². The van der Waals surface area contributed by atoms with Crippen LogP contribution in [0, 0.1) is 0 Å². The molecule has 1 nitrogen and oxygen atoms in total. The first-order valence-corrected chi connectivity index (χ1v) is 4.63. The largest absolute Gasteiger partial charge is 0.326 e. The zero-order valence-corrected chi connectivity index (χ0v) is 8.78. The molecule has 68 valence electrons. The molecule has 0 aliphatic heterocycles. The van der Waals surface area contributed by atoms with Crippen LogP contribution in [0.2, 0.25) is 10.0 Å². The van der Waals surface area contributed by atoms with Crippen molar-refractivity contribution in [1.29, 1.82) is 0 Å². The highest BCUT2D eigenvalue weighted by molar-refractivity contribution is 6.41. The van der Waals surface area contributed by atoms with Crippen molar-refractivity contribution in [2.45, 2.75) is 20.4 Å². The zero-order chi connectivity index (χ0) is 9.56. The van der Waals surface area contributed by atoms with Crippen molar-refractivity contribution in [2.24, 2.45) is 5.73 Å². The van der Waals surface area contributed by atoms with Gasteiger partial charge in [-0.15, -0.1) is 0 Å². The van der Waals surface area contributed by atoms with E-state index >= 15 is 0 Å². The smallest absolute Gasteiger partial charge is 0.0595 e. The fourth-order valence-corrected chi connectivity index (χ4v) is 0.987. The van der Waals surface area contributed by atoms with E-state index < -0.39 is 0 Å². The van der Waals surface area contributed by atoms with Gasteiger partial charge in [-0.3, -0.25) is 0 Å². The Bertz CT molecular complexity index is 236. The highest BCUT2D eigenvalue weighted by Crippen LogP contribution is 2.21. The van der Waals surface area contributed by atoms with Crippen LogP contribution in [0.4, 0.5) is 0 Å². The van der Waals surface area contributed by atoms with Crippen molar-refractivity contribution < 1.29 is 0 Å². The van der Waals surface area contributed by atoms with E-state index in [2.05, 4.69) is 0 Å². The Morgan fingerprint density at radius 3 is 2.17 bits per heavy atom. The van der Waals surface area contributed by atoms with E-state index in [9.17, 15) is 0 Å². The number of halogens is 2. The molecular weight excluding hydrogens is 193 g/mol. The number of benzene rings is 1. The molecule has 0 atom stereocenters. The van der Waals surface area contributed by atoms with Gasteiger partial charge in [0.25, 0.3) is 0 Å². The predicted molar refractivity (Wildman–Crippen MR) is 55.7 cm³/mol. The molecule has 0 bridgehead atoms. The second-order valence-electron chi connectivity index (χ2n) is 1.95. The fourth-order valence-electron chi connectivity index (χ4n) is 0.667. The summed E-state index contributed by atoms with van der Waals surface area (Å²) < 4.78 is 0. The Labute approximate surface area is 83.5 Å². The van der Waals surface area contributed by atoms with Crippen molar-refractivity contribution in [2.75, 3.05) is 0 Å². The Balaban J connectivity index is 0.000000561. The minimum absolute atomic E-state index is 0.497. The first kappa shape index (κ1) is 11.8. The molecule has 0 heterocycles. The van der Waals surface area contributed by atoms with E-state index in [4.69, 9.17) is 28.9 Å². The molecule has 0 unspecified atom stereocenters. The summed E-state index contributed by atoms with van der Waals surface area (Å²) in [6.45, 7) is 4.50. The molecule has 0 aliphatic rings. The van der Waals surface area contributed by atoms with E-state index in [0.29, 0.717) is 16.6 Å². The second-order valence-corrected chi connectivity index (χ2v) is 2.77. The number of rotatable bonds is 1. The minimum Gasteiger partial charge on any atom is -0.326 e. The molecule has 0 radical (unpaired) electrons. The van der Waals surface area contributed by atoms with Crippen LogP contribution >= 0.6 is 23.2 Å². The lowest BCUT2D eigenvalue weighted by atomic mass is 10.2. The number of hydrogen-bond donors (Lipinski definition) is 1. The molecule has 1 aromatic rings. The predicted octanol–water partition coefficient (Wildman–Crippen LogP) is 3.48. The summed E-state index contributed by atoms with van der Waals surface area (Å²) in [6, 6.07) is 5.37. The van der Waals surface area contributed by atoms with Crippen LogP contribution in [-0.2, 0) is 6.54 Å². The van der Waals surface area contributed by atoms with Crippen molar-refractivity contribution in [3.05, 3.63) is 33.8 Å². The maximum absolute atomic E-state index is 5.71. The van der Waals surface area contributed by atoms with Crippen LogP contribution in [0.25, 0.3) is 0 Å². The average molecular weight is 206 g/mol. The molecule has 1 aromatic carbocycles. The standard InChI is InChI=1S/C7H7Cl2N.C2H6/c8-6-2-1-5(4-10)3-7(6)9;1-2/h1-3H,4,10H2;1-2H3. The SMILES string of the molecule is CC.NCc1ccc(Cl)c(Cl)c1. The minimum atomic E-state index is 0.497. The summed E-state index contributed by atoms with van der Waals surface area (Å²) in [4.78, 5) is 0. The lowest BCUT2D eigenvalue weighted by Gasteiger charge is -1.97. The van der Waals surface area contributed by atoms with Gasteiger partial charge in [-0.25, -0.2) is 0 Å². The van der Waals surface area contributed by atoms with E-state index in [0.717, 1.165) is 5.56 Å². The average Bonchev–Trinajstić information content (AvgIpc) is 2.13. The van der Waals surface area contributed by atoms with E-state index in [1.54, 1.807) is 12.1 Å². The summed E-state index contributed by atoms with van der Waals surface area (Å²) in [5.74, 6) is 0. The van der Waals surface area contributed by atoms with Crippen molar-refractivity contribution in [1.82, 2.24) is 0 Å². The molecule has 0 saturated heterocycles. The lowest BCUT2D eigenvalue weighted by molar-refractivity contribution is 1.07. The Morgan fingerprint density at radius 1 is 1.17 bits per heavy atom. The summed E-state index contributed by atoms with van der Waals surface area (Å²) in [7, 11) is 0. The Morgan fingerprint density at radius 2 is 1.75 bits per heavy atom. The topological polar surface area (TPSA) is 26.0 Å². The van der Waals surface area contributed by atoms with Gasteiger partial charge in [0.05, 0.1) is 10.0 Å². The molecule has 0 aromatic heterocycles. The van der Waals surface area contributed by atoms with Crippen LogP contribution < -0.4 is 5.73 Å². The van der Waals surface area contributed by atoms with Gasteiger partial charge in [0.1, 0.15) is 0 Å². The van der Waals surface area contributed by atoms with Gasteiger partial charge in [0.15, 0.2) is 0 Å². The molecule has 0 fully saturated rings. The van der Waals surface area contributed by atoms with E-state index in [1.807, 2.05) is 19.9 Å². The first-order valence-electron chi connectivity index (χ1n) is 3.88. The van der Waals surface area contributed by atoms with Crippen LogP contribution in [0.1, 0.15) is 19.4 Å². The summed E-state index contributed by atoms with van der Waals surface area (Å²) in [6.07, 6.45) is 0. The summed E-state index contributed by atoms with van der Waals surface area (Å²) in [5.41, 5.74) is 6.36. The van der Waals surface area contributed by atoms with Gasteiger partial charge >= 0.3 is 0 Å². The third-order valence-corrected chi connectivity index (χ3v) is 1.96. The molecule has 0 saturated carbocycles. The summed E-state index contributed by atoms with van der Waals surface area (Å²) >= 11 is 11.4.